The van der Waals surface area contributed by atoms with E-state index in [1.165, 1.54) is 12.1 Å². The van der Waals surface area contributed by atoms with E-state index in [9.17, 15) is 15.2 Å². The molecule has 4 rings (SSSR count). The number of hydrogen-bond acceptors (Lipinski definition) is 6. The molecule has 7 heteroatoms. The lowest BCUT2D eigenvalue weighted by Gasteiger charge is -2.26. The Bertz CT molecular complexity index is 1340. The SMILES string of the molecule is CCCN(CCC)c1cc(O)c(N=Nc2ccccc2[N+](=O)[O-])c2cc3ccccc3cc12. The molecular weight excluding hydrogens is 416 g/mol. The van der Waals surface area contributed by atoms with Crippen LogP contribution in [0.3, 0.4) is 0 Å². The van der Waals surface area contributed by atoms with E-state index in [1.807, 2.05) is 24.3 Å². The summed E-state index contributed by atoms with van der Waals surface area (Å²) < 4.78 is 0. The van der Waals surface area contributed by atoms with Gasteiger partial charge in [0, 0.05) is 41.7 Å². The second-order valence-corrected chi connectivity index (χ2v) is 7.94. The lowest BCUT2D eigenvalue weighted by molar-refractivity contribution is -0.384. The number of hydrogen-bond donors (Lipinski definition) is 1. The van der Waals surface area contributed by atoms with Crippen molar-refractivity contribution in [3.8, 4) is 5.75 Å². The standard InChI is InChI=1S/C26H26N4O3/c1-3-13-29(14-4-2)24-17-25(31)26(28-27-22-11-7-8-12-23(22)30(32)33)21-16-19-10-6-5-9-18(19)15-20(21)24/h5-12,15-17,31H,3-4,13-14H2,1-2H3. The van der Waals surface area contributed by atoms with Gasteiger partial charge in [-0.3, -0.25) is 10.1 Å². The molecule has 0 heterocycles. The van der Waals surface area contributed by atoms with Crippen LogP contribution in [0.25, 0.3) is 21.5 Å². The highest BCUT2D eigenvalue weighted by atomic mass is 16.6. The molecule has 0 amide bonds. The number of phenolic OH excluding ortho intramolecular Hbond substituents is 1. The Labute approximate surface area is 192 Å². The molecule has 0 radical (unpaired) electrons. The summed E-state index contributed by atoms with van der Waals surface area (Å²) in [5.74, 6) is -0.00711. The van der Waals surface area contributed by atoms with Crippen LogP contribution in [0.5, 0.6) is 5.75 Å². The van der Waals surface area contributed by atoms with Crippen LogP contribution in [0.2, 0.25) is 0 Å². The molecule has 0 spiro atoms. The van der Waals surface area contributed by atoms with Crippen molar-refractivity contribution in [2.75, 3.05) is 18.0 Å². The summed E-state index contributed by atoms with van der Waals surface area (Å²) in [5, 5.41) is 34.6. The Kier molecular flexibility index (Phi) is 6.49. The van der Waals surface area contributed by atoms with Crippen LogP contribution in [-0.4, -0.2) is 23.1 Å². The second-order valence-electron chi connectivity index (χ2n) is 7.94. The van der Waals surface area contributed by atoms with Crippen LogP contribution in [0.1, 0.15) is 26.7 Å². The van der Waals surface area contributed by atoms with E-state index in [0.717, 1.165) is 53.2 Å². The largest absolute Gasteiger partial charge is 0.506 e. The first kappa shape index (κ1) is 22.2. The number of nitro groups is 1. The molecule has 4 aromatic rings. The van der Waals surface area contributed by atoms with Crippen molar-refractivity contribution in [1.29, 1.82) is 0 Å². The minimum atomic E-state index is -0.490. The van der Waals surface area contributed by atoms with Gasteiger partial charge in [0.25, 0.3) is 5.69 Å². The Morgan fingerprint density at radius 3 is 2.12 bits per heavy atom. The average molecular weight is 443 g/mol. The molecule has 33 heavy (non-hydrogen) atoms. The second kappa shape index (κ2) is 9.65. The van der Waals surface area contributed by atoms with Crippen LogP contribution in [0.4, 0.5) is 22.7 Å². The van der Waals surface area contributed by atoms with Gasteiger partial charge in [-0.2, -0.15) is 0 Å². The third-order valence-corrected chi connectivity index (χ3v) is 5.60. The summed E-state index contributed by atoms with van der Waals surface area (Å²) in [6.07, 6.45) is 1.96. The van der Waals surface area contributed by atoms with Crippen LogP contribution in [0.15, 0.2) is 77.0 Å². The Hall–Kier alpha value is -4.00. The smallest absolute Gasteiger partial charge is 0.296 e. The number of benzene rings is 4. The fourth-order valence-corrected chi connectivity index (χ4v) is 4.13. The van der Waals surface area contributed by atoms with Gasteiger partial charge in [0.2, 0.25) is 0 Å². The number of rotatable bonds is 8. The molecule has 0 bridgehead atoms. The normalized spacial score (nSPS) is 11.5. The highest BCUT2D eigenvalue weighted by Crippen LogP contribution is 2.44. The number of para-hydroxylation sites is 1. The quantitative estimate of drug-likeness (QED) is 0.131. The Balaban J connectivity index is 1.95. The molecule has 0 atom stereocenters. The number of nitrogens with zero attached hydrogens (tertiary/aromatic N) is 4. The fraction of sp³-hybridized carbons (Fsp3) is 0.231. The number of nitro benzene ring substituents is 1. The maximum atomic E-state index is 11.4. The van der Waals surface area contributed by atoms with Gasteiger partial charge in [-0.15, -0.1) is 10.2 Å². The van der Waals surface area contributed by atoms with Crippen molar-refractivity contribution in [1.82, 2.24) is 0 Å². The van der Waals surface area contributed by atoms with E-state index in [4.69, 9.17) is 0 Å². The molecule has 0 aliphatic heterocycles. The summed E-state index contributed by atoms with van der Waals surface area (Å²) in [7, 11) is 0. The van der Waals surface area contributed by atoms with Gasteiger partial charge in [-0.1, -0.05) is 50.2 Å². The molecule has 0 saturated carbocycles. The van der Waals surface area contributed by atoms with Gasteiger partial charge in [-0.25, -0.2) is 0 Å². The maximum Gasteiger partial charge on any atom is 0.296 e. The molecule has 0 aromatic heterocycles. The van der Waals surface area contributed by atoms with E-state index in [0.29, 0.717) is 5.69 Å². The lowest BCUT2D eigenvalue weighted by Crippen LogP contribution is -2.25. The fourth-order valence-electron chi connectivity index (χ4n) is 4.13. The van der Waals surface area contributed by atoms with E-state index in [-0.39, 0.29) is 17.1 Å². The van der Waals surface area contributed by atoms with Crippen molar-refractivity contribution < 1.29 is 10.0 Å². The van der Waals surface area contributed by atoms with Crippen molar-refractivity contribution in [3.63, 3.8) is 0 Å². The van der Waals surface area contributed by atoms with Gasteiger partial charge < -0.3 is 10.0 Å². The molecule has 0 unspecified atom stereocenters. The maximum absolute atomic E-state index is 11.4. The van der Waals surface area contributed by atoms with Crippen molar-refractivity contribution in [2.24, 2.45) is 10.2 Å². The highest BCUT2D eigenvalue weighted by Gasteiger charge is 2.18. The van der Waals surface area contributed by atoms with Crippen LogP contribution in [-0.2, 0) is 0 Å². The van der Waals surface area contributed by atoms with Gasteiger partial charge in [0.05, 0.1) is 4.92 Å². The number of azo groups is 1. The highest BCUT2D eigenvalue weighted by molar-refractivity contribution is 6.10. The predicted octanol–water partition coefficient (Wildman–Crippen LogP) is 7.65. The summed E-state index contributed by atoms with van der Waals surface area (Å²) in [4.78, 5) is 13.1. The first-order chi connectivity index (χ1) is 16.0. The van der Waals surface area contributed by atoms with Crippen LogP contribution in [0, 0.1) is 10.1 Å². The molecule has 0 saturated heterocycles. The summed E-state index contributed by atoms with van der Waals surface area (Å²) in [6, 6.07) is 20.1. The monoisotopic (exact) mass is 442 g/mol. The summed E-state index contributed by atoms with van der Waals surface area (Å²) >= 11 is 0. The third kappa shape index (κ3) is 4.48. The van der Waals surface area contributed by atoms with Crippen molar-refractivity contribution in [2.45, 2.75) is 26.7 Å². The number of anilines is 1. The van der Waals surface area contributed by atoms with Crippen LogP contribution >= 0.6 is 0 Å². The topological polar surface area (TPSA) is 91.3 Å². The number of aromatic hydroxyl groups is 1. The van der Waals surface area contributed by atoms with Crippen molar-refractivity contribution >= 4 is 44.3 Å². The molecule has 1 N–H and O–H groups in total. The molecule has 4 aromatic carbocycles. The molecule has 7 nitrogen and oxygen atoms in total. The van der Waals surface area contributed by atoms with Crippen molar-refractivity contribution in [3.05, 3.63) is 76.8 Å². The number of phenols is 1. The first-order valence-electron chi connectivity index (χ1n) is 11.1. The molecule has 0 fully saturated rings. The predicted molar refractivity (Wildman–Crippen MR) is 133 cm³/mol. The Morgan fingerprint density at radius 1 is 0.879 bits per heavy atom. The zero-order valence-electron chi connectivity index (χ0n) is 18.7. The zero-order valence-corrected chi connectivity index (χ0v) is 18.7. The summed E-state index contributed by atoms with van der Waals surface area (Å²) in [5.41, 5.74) is 1.25. The van der Waals surface area contributed by atoms with E-state index in [2.05, 4.69) is 41.1 Å². The molecule has 0 aliphatic rings. The van der Waals surface area contributed by atoms with Gasteiger partial charge in [-0.05, 0) is 41.8 Å². The third-order valence-electron chi connectivity index (χ3n) is 5.60. The van der Waals surface area contributed by atoms with Gasteiger partial charge >= 0.3 is 0 Å². The van der Waals surface area contributed by atoms with E-state index >= 15 is 0 Å². The molecule has 168 valence electrons. The van der Waals surface area contributed by atoms with Gasteiger partial charge in [0.15, 0.2) is 5.69 Å². The summed E-state index contributed by atoms with van der Waals surface area (Å²) in [6.45, 7) is 6.00. The minimum absolute atomic E-state index is 0.00711. The van der Waals surface area contributed by atoms with E-state index in [1.54, 1.807) is 18.2 Å². The molecule has 0 aliphatic carbocycles. The first-order valence-corrected chi connectivity index (χ1v) is 11.1. The van der Waals surface area contributed by atoms with Gasteiger partial charge in [0.1, 0.15) is 11.4 Å². The minimum Gasteiger partial charge on any atom is -0.506 e. The lowest BCUT2D eigenvalue weighted by atomic mass is 9.99. The Morgan fingerprint density at radius 2 is 1.48 bits per heavy atom. The average Bonchev–Trinajstić information content (AvgIpc) is 2.82. The van der Waals surface area contributed by atoms with E-state index < -0.39 is 4.92 Å². The zero-order chi connectivity index (χ0) is 23.4. The van der Waals surface area contributed by atoms with Crippen LogP contribution < -0.4 is 4.90 Å². The molecular formula is C26H26N4O3. The number of fused-ring (bicyclic) bond motifs is 2.